The fourth-order valence-electron chi connectivity index (χ4n) is 1.57. The molecule has 1 aromatic heterocycles. The molecular formula is C13H11ClF3N3S2. The molecule has 118 valence electrons. The Morgan fingerprint density at radius 1 is 1.27 bits per heavy atom. The number of nitrogens with zero attached hydrogens (tertiary/aromatic N) is 1. The maximum Gasteiger partial charge on any atom is 0.434 e. The third-order valence-electron chi connectivity index (χ3n) is 2.63. The highest BCUT2D eigenvalue weighted by Crippen LogP contribution is 2.31. The van der Waals surface area contributed by atoms with Crippen LogP contribution in [0.1, 0.15) is 11.3 Å². The Bertz CT molecular complexity index is 641. The van der Waals surface area contributed by atoms with Crippen LogP contribution >= 0.6 is 35.2 Å². The molecule has 22 heavy (non-hydrogen) atoms. The van der Waals surface area contributed by atoms with E-state index in [9.17, 15) is 13.2 Å². The minimum Gasteiger partial charge on any atom is -0.362 e. The van der Waals surface area contributed by atoms with E-state index in [4.69, 9.17) is 23.8 Å². The number of halogens is 4. The predicted octanol–water partition coefficient (Wildman–Crippen LogP) is 4.34. The highest BCUT2D eigenvalue weighted by Gasteiger charge is 2.33. The molecule has 3 nitrogen and oxygen atoms in total. The van der Waals surface area contributed by atoms with Crippen molar-refractivity contribution in [2.45, 2.75) is 12.6 Å². The maximum absolute atomic E-state index is 12.4. The minimum absolute atomic E-state index is 0.108. The molecule has 0 aliphatic rings. The molecule has 0 saturated heterocycles. The molecule has 0 unspecified atom stereocenters. The zero-order chi connectivity index (χ0) is 16.2. The standard InChI is InChI=1S/C13H11ClF3N3S2/c14-9-3-1-8(2-4-9)5-6-18-11(21)20-12-19-10(7-22-12)13(15,16)17/h1-4,7H,5-6H2,(H2,18,19,20,21). The lowest BCUT2D eigenvalue weighted by atomic mass is 10.1. The lowest BCUT2D eigenvalue weighted by Gasteiger charge is -2.08. The first kappa shape index (κ1) is 17.0. The van der Waals surface area contributed by atoms with Gasteiger partial charge in [0, 0.05) is 16.9 Å². The number of hydrogen-bond acceptors (Lipinski definition) is 3. The van der Waals surface area contributed by atoms with Crippen molar-refractivity contribution in [3.63, 3.8) is 0 Å². The Kier molecular flexibility index (Phi) is 5.60. The van der Waals surface area contributed by atoms with Crippen LogP contribution in [0.4, 0.5) is 18.3 Å². The highest BCUT2D eigenvalue weighted by molar-refractivity contribution is 7.80. The zero-order valence-electron chi connectivity index (χ0n) is 11.1. The summed E-state index contributed by atoms with van der Waals surface area (Å²) in [6, 6.07) is 7.39. The van der Waals surface area contributed by atoms with Crippen molar-refractivity contribution in [3.05, 3.63) is 45.9 Å². The van der Waals surface area contributed by atoms with E-state index >= 15 is 0 Å². The summed E-state index contributed by atoms with van der Waals surface area (Å²) < 4.78 is 37.2. The van der Waals surface area contributed by atoms with Crippen LogP contribution in [0.5, 0.6) is 0 Å². The summed E-state index contributed by atoms with van der Waals surface area (Å²) in [5.74, 6) is 0. The number of nitrogens with one attached hydrogen (secondary N) is 2. The van der Waals surface area contributed by atoms with Gasteiger partial charge in [0.25, 0.3) is 0 Å². The van der Waals surface area contributed by atoms with E-state index in [1.165, 1.54) is 0 Å². The Morgan fingerprint density at radius 3 is 2.55 bits per heavy atom. The third kappa shape index (κ3) is 5.11. The fraction of sp³-hybridized carbons (Fsp3) is 0.231. The zero-order valence-corrected chi connectivity index (χ0v) is 13.5. The second-order valence-electron chi connectivity index (χ2n) is 4.29. The second-order valence-corrected chi connectivity index (χ2v) is 6.00. The van der Waals surface area contributed by atoms with Crippen molar-refractivity contribution in [3.8, 4) is 0 Å². The molecule has 2 rings (SSSR count). The van der Waals surface area contributed by atoms with Crippen LogP contribution in [0.25, 0.3) is 0 Å². The molecule has 0 atom stereocenters. The van der Waals surface area contributed by atoms with Gasteiger partial charge in [0.2, 0.25) is 0 Å². The molecule has 0 amide bonds. The van der Waals surface area contributed by atoms with Gasteiger partial charge in [-0.05, 0) is 36.3 Å². The molecule has 0 fully saturated rings. The van der Waals surface area contributed by atoms with Gasteiger partial charge in [-0.1, -0.05) is 23.7 Å². The van der Waals surface area contributed by atoms with Gasteiger partial charge < -0.3 is 10.6 Å². The first-order valence-electron chi connectivity index (χ1n) is 6.16. The van der Waals surface area contributed by atoms with E-state index in [0.717, 1.165) is 22.3 Å². The SMILES string of the molecule is FC(F)(F)c1csc(NC(=S)NCCc2ccc(Cl)cc2)n1. The molecule has 0 radical (unpaired) electrons. The lowest BCUT2D eigenvalue weighted by Crippen LogP contribution is -2.30. The maximum atomic E-state index is 12.4. The van der Waals surface area contributed by atoms with Crippen LogP contribution in [0.3, 0.4) is 0 Å². The summed E-state index contributed by atoms with van der Waals surface area (Å²) in [5.41, 5.74) is 0.150. The quantitative estimate of drug-likeness (QED) is 0.790. The number of aromatic nitrogens is 1. The van der Waals surface area contributed by atoms with Crippen molar-refractivity contribution in [1.29, 1.82) is 0 Å². The van der Waals surface area contributed by atoms with E-state index in [0.29, 0.717) is 18.0 Å². The minimum atomic E-state index is -4.44. The van der Waals surface area contributed by atoms with Crippen molar-refractivity contribution < 1.29 is 13.2 Å². The molecule has 0 saturated carbocycles. The van der Waals surface area contributed by atoms with Gasteiger partial charge in [0.15, 0.2) is 15.9 Å². The number of anilines is 1. The smallest absolute Gasteiger partial charge is 0.362 e. The summed E-state index contributed by atoms with van der Waals surface area (Å²) in [7, 11) is 0. The average Bonchev–Trinajstić information content (AvgIpc) is 2.89. The Labute approximate surface area is 139 Å². The van der Waals surface area contributed by atoms with Crippen LogP contribution in [0.2, 0.25) is 5.02 Å². The van der Waals surface area contributed by atoms with Crippen LogP contribution < -0.4 is 10.6 Å². The van der Waals surface area contributed by atoms with E-state index in [1.54, 1.807) is 12.1 Å². The monoisotopic (exact) mass is 365 g/mol. The number of thiocarbonyl (C=S) groups is 1. The molecule has 2 N–H and O–H groups in total. The first-order valence-corrected chi connectivity index (χ1v) is 7.83. The van der Waals surface area contributed by atoms with Crippen LogP contribution in [0, 0.1) is 0 Å². The molecule has 2 aromatic rings. The van der Waals surface area contributed by atoms with E-state index in [1.807, 2.05) is 12.1 Å². The van der Waals surface area contributed by atoms with Gasteiger partial charge >= 0.3 is 6.18 Å². The van der Waals surface area contributed by atoms with Gasteiger partial charge in [-0.3, -0.25) is 0 Å². The Balaban J connectivity index is 1.78. The van der Waals surface area contributed by atoms with Crippen molar-refractivity contribution in [2.24, 2.45) is 0 Å². The molecule has 0 bridgehead atoms. The number of rotatable bonds is 4. The number of hydrogen-bond donors (Lipinski definition) is 2. The van der Waals surface area contributed by atoms with Gasteiger partial charge in [0.1, 0.15) is 0 Å². The lowest BCUT2D eigenvalue weighted by molar-refractivity contribution is -0.140. The highest BCUT2D eigenvalue weighted by atomic mass is 35.5. The van der Waals surface area contributed by atoms with Crippen molar-refractivity contribution >= 4 is 45.4 Å². The number of benzene rings is 1. The first-order chi connectivity index (χ1) is 10.3. The summed E-state index contributed by atoms with van der Waals surface area (Å²) in [6.07, 6.45) is -3.73. The molecule has 1 heterocycles. The number of alkyl halides is 3. The van der Waals surface area contributed by atoms with Crippen LogP contribution in [-0.2, 0) is 12.6 Å². The summed E-state index contributed by atoms with van der Waals surface area (Å²) in [6.45, 7) is 0.547. The van der Waals surface area contributed by atoms with E-state index in [-0.39, 0.29) is 10.2 Å². The second kappa shape index (κ2) is 7.26. The van der Waals surface area contributed by atoms with Crippen molar-refractivity contribution in [2.75, 3.05) is 11.9 Å². The van der Waals surface area contributed by atoms with Crippen LogP contribution in [-0.4, -0.2) is 16.6 Å². The van der Waals surface area contributed by atoms with Crippen molar-refractivity contribution in [1.82, 2.24) is 10.3 Å². The molecule has 9 heteroatoms. The molecule has 0 spiro atoms. The van der Waals surface area contributed by atoms with Gasteiger partial charge in [-0.2, -0.15) is 13.2 Å². The largest absolute Gasteiger partial charge is 0.434 e. The van der Waals surface area contributed by atoms with Gasteiger partial charge in [-0.15, -0.1) is 11.3 Å². The van der Waals surface area contributed by atoms with E-state index < -0.39 is 11.9 Å². The topological polar surface area (TPSA) is 37.0 Å². The predicted molar refractivity (Wildman–Crippen MR) is 86.5 cm³/mol. The van der Waals surface area contributed by atoms with Gasteiger partial charge in [0.05, 0.1) is 0 Å². The average molecular weight is 366 g/mol. The van der Waals surface area contributed by atoms with Gasteiger partial charge in [-0.25, -0.2) is 4.98 Å². The summed E-state index contributed by atoms with van der Waals surface area (Å²) in [5, 5.41) is 7.50. The Hall–Kier alpha value is -1.38. The normalized spacial score (nSPS) is 11.3. The molecule has 0 aliphatic heterocycles. The fourth-order valence-corrected chi connectivity index (χ4v) is 2.69. The molecule has 0 aliphatic carbocycles. The third-order valence-corrected chi connectivity index (χ3v) is 3.88. The summed E-state index contributed by atoms with van der Waals surface area (Å²) in [4.78, 5) is 3.44. The number of thiazole rings is 1. The Morgan fingerprint density at radius 2 is 1.95 bits per heavy atom. The van der Waals surface area contributed by atoms with Crippen LogP contribution in [0.15, 0.2) is 29.6 Å². The van der Waals surface area contributed by atoms with E-state index in [2.05, 4.69) is 15.6 Å². The molecular weight excluding hydrogens is 355 g/mol. The molecule has 1 aromatic carbocycles. The summed E-state index contributed by atoms with van der Waals surface area (Å²) >= 11 is 11.7.